The minimum atomic E-state index is -0.431. The summed E-state index contributed by atoms with van der Waals surface area (Å²) < 4.78 is 0. The lowest BCUT2D eigenvalue weighted by Crippen LogP contribution is -2.39. The molecule has 1 saturated heterocycles. The molecule has 1 fully saturated rings. The Kier molecular flexibility index (Phi) is 4.00. The van der Waals surface area contributed by atoms with Gasteiger partial charge in [-0.15, -0.1) is 0 Å². The van der Waals surface area contributed by atoms with Gasteiger partial charge in [0.05, 0.1) is 6.10 Å². The molecule has 3 nitrogen and oxygen atoms in total. The summed E-state index contributed by atoms with van der Waals surface area (Å²) in [5.41, 5.74) is 0.888. The zero-order valence-electron chi connectivity index (χ0n) is 10.8. The summed E-state index contributed by atoms with van der Waals surface area (Å²) in [6.07, 6.45) is 6.41. The molecule has 1 aliphatic heterocycles. The van der Waals surface area contributed by atoms with Gasteiger partial charge in [-0.2, -0.15) is 0 Å². The number of hydrogen-bond donors (Lipinski definition) is 1. The predicted molar refractivity (Wildman–Crippen MR) is 70.1 cm³/mol. The van der Waals surface area contributed by atoms with E-state index >= 15 is 0 Å². The topological polar surface area (TPSA) is 36.4 Å². The predicted octanol–water partition coefficient (Wildman–Crippen LogP) is 2.90. The van der Waals surface area contributed by atoms with E-state index in [-0.39, 0.29) is 0 Å². The van der Waals surface area contributed by atoms with Gasteiger partial charge >= 0.3 is 0 Å². The second-order valence-corrected chi connectivity index (χ2v) is 4.88. The molecule has 1 aromatic heterocycles. The number of nitrogens with zero attached hydrogens (tertiary/aromatic N) is 2. The van der Waals surface area contributed by atoms with Gasteiger partial charge in [-0.05, 0) is 44.2 Å². The number of aromatic nitrogens is 1. The van der Waals surface area contributed by atoms with Gasteiger partial charge in [-0.1, -0.05) is 13.0 Å². The molecule has 1 unspecified atom stereocenters. The van der Waals surface area contributed by atoms with Crippen molar-refractivity contribution in [3.8, 4) is 0 Å². The highest BCUT2D eigenvalue weighted by molar-refractivity contribution is 5.41. The SMILES string of the molecule is CCC1CCCCN1c1ccc([C@H](C)O)cn1. The van der Waals surface area contributed by atoms with Gasteiger partial charge in [0.25, 0.3) is 0 Å². The second kappa shape index (κ2) is 5.50. The van der Waals surface area contributed by atoms with Crippen LogP contribution in [-0.2, 0) is 0 Å². The smallest absolute Gasteiger partial charge is 0.128 e. The van der Waals surface area contributed by atoms with Crippen molar-refractivity contribution in [3.05, 3.63) is 23.9 Å². The van der Waals surface area contributed by atoms with E-state index in [1.54, 1.807) is 13.1 Å². The maximum atomic E-state index is 9.47. The monoisotopic (exact) mass is 234 g/mol. The molecule has 0 amide bonds. The van der Waals surface area contributed by atoms with E-state index in [9.17, 15) is 5.11 Å². The van der Waals surface area contributed by atoms with E-state index in [1.165, 1.54) is 25.7 Å². The maximum absolute atomic E-state index is 9.47. The molecule has 0 spiro atoms. The molecule has 0 aromatic carbocycles. The minimum Gasteiger partial charge on any atom is -0.389 e. The van der Waals surface area contributed by atoms with E-state index in [0.29, 0.717) is 6.04 Å². The number of rotatable bonds is 3. The van der Waals surface area contributed by atoms with Crippen LogP contribution in [0.2, 0.25) is 0 Å². The Morgan fingerprint density at radius 3 is 2.88 bits per heavy atom. The Bertz CT molecular complexity index is 348. The molecule has 2 rings (SSSR count). The molecule has 1 aromatic rings. The van der Waals surface area contributed by atoms with Crippen molar-refractivity contribution >= 4 is 5.82 Å². The Hall–Kier alpha value is -1.09. The molecule has 0 bridgehead atoms. The van der Waals surface area contributed by atoms with Crippen LogP contribution in [0.5, 0.6) is 0 Å². The number of piperidine rings is 1. The highest BCUT2D eigenvalue weighted by Crippen LogP contribution is 2.25. The van der Waals surface area contributed by atoms with Crippen LogP contribution in [-0.4, -0.2) is 22.7 Å². The minimum absolute atomic E-state index is 0.431. The summed E-state index contributed by atoms with van der Waals surface area (Å²) in [6, 6.07) is 4.65. The molecule has 17 heavy (non-hydrogen) atoms. The lowest BCUT2D eigenvalue weighted by atomic mass is 10.00. The van der Waals surface area contributed by atoms with Crippen LogP contribution < -0.4 is 4.90 Å². The number of aliphatic hydroxyl groups excluding tert-OH is 1. The van der Waals surface area contributed by atoms with Crippen LogP contribution in [0, 0.1) is 0 Å². The van der Waals surface area contributed by atoms with Gasteiger partial charge in [-0.25, -0.2) is 4.98 Å². The van der Waals surface area contributed by atoms with Crippen molar-refractivity contribution in [2.24, 2.45) is 0 Å². The van der Waals surface area contributed by atoms with Gasteiger partial charge in [-0.3, -0.25) is 0 Å². The fourth-order valence-electron chi connectivity index (χ4n) is 2.54. The standard InChI is InChI=1S/C14H22N2O/c1-3-13-6-4-5-9-16(13)14-8-7-12(10-15-14)11(2)17/h7-8,10-11,13,17H,3-6,9H2,1-2H3/t11-,13?/m0/s1. The van der Waals surface area contributed by atoms with Crippen LogP contribution in [0.3, 0.4) is 0 Å². The first kappa shape index (κ1) is 12.4. The largest absolute Gasteiger partial charge is 0.389 e. The zero-order valence-corrected chi connectivity index (χ0v) is 10.8. The summed E-state index contributed by atoms with van der Waals surface area (Å²) in [5.74, 6) is 1.06. The first-order valence-electron chi connectivity index (χ1n) is 6.63. The average molecular weight is 234 g/mol. The van der Waals surface area contributed by atoms with Crippen molar-refractivity contribution in [2.75, 3.05) is 11.4 Å². The third kappa shape index (κ3) is 2.78. The molecule has 3 heteroatoms. The van der Waals surface area contributed by atoms with Gasteiger partial charge in [0.15, 0.2) is 0 Å². The van der Waals surface area contributed by atoms with Crippen LogP contribution >= 0.6 is 0 Å². The molecule has 0 saturated carbocycles. The van der Waals surface area contributed by atoms with Crippen LogP contribution in [0.15, 0.2) is 18.3 Å². The molecule has 1 N–H and O–H groups in total. The Labute approximate surface area is 103 Å². The van der Waals surface area contributed by atoms with Crippen molar-refractivity contribution in [1.29, 1.82) is 0 Å². The summed E-state index contributed by atoms with van der Waals surface area (Å²) in [6.45, 7) is 5.12. The molecule has 94 valence electrons. The lowest BCUT2D eigenvalue weighted by molar-refractivity contribution is 0.199. The fourth-order valence-corrected chi connectivity index (χ4v) is 2.54. The number of hydrogen-bond acceptors (Lipinski definition) is 3. The Morgan fingerprint density at radius 1 is 1.47 bits per heavy atom. The Balaban J connectivity index is 2.15. The Morgan fingerprint density at radius 2 is 2.29 bits per heavy atom. The molecular weight excluding hydrogens is 212 g/mol. The van der Waals surface area contributed by atoms with Gasteiger partial charge in [0.2, 0.25) is 0 Å². The number of aliphatic hydroxyl groups is 1. The quantitative estimate of drug-likeness (QED) is 0.873. The average Bonchev–Trinajstić information content (AvgIpc) is 2.39. The van der Waals surface area contributed by atoms with Crippen LogP contribution in [0.4, 0.5) is 5.82 Å². The molecule has 2 heterocycles. The van der Waals surface area contributed by atoms with E-state index in [0.717, 1.165) is 17.9 Å². The van der Waals surface area contributed by atoms with Gasteiger partial charge in [0, 0.05) is 18.8 Å². The van der Waals surface area contributed by atoms with Crippen molar-refractivity contribution < 1.29 is 5.11 Å². The van der Waals surface area contributed by atoms with Crippen LogP contribution in [0.25, 0.3) is 0 Å². The first-order chi connectivity index (χ1) is 8.22. The van der Waals surface area contributed by atoms with E-state index in [2.05, 4.69) is 16.8 Å². The highest BCUT2D eigenvalue weighted by Gasteiger charge is 2.21. The third-order valence-electron chi connectivity index (χ3n) is 3.65. The number of pyridine rings is 1. The summed E-state index contributed by atoms with van der Waals surface area (Å²) in [7, 11) is 0. The van der Waals surface area contributed by atoms with E-state index in [1.807, 2.05) is 12.1 Å². The van der Waals surface area contributed by atoms with Crippen LogP contribution in [0.1, 0.15) is 51.2 Å². The van der Waals surface area contributed by atoms with Gasteiger partial charge < -0.3 is 10.0 Å². The highest BCUT2D eigenvalue weighted by atomic mass is 16.3. The van der Waals surface area contributed by atoms with Crippen molar-refractivity contribution in [2.45, 2.75) is 51.7 Å². The lowest BCUT2D eigenvalue weighted by Gasteiger charge is -2.36. The normalized spacial score (nSPS) is 22.5. The summed E-state index contributed by atoms with van der Waals surface area (Å²) in [4.78, 5) is 6.90. The van der Waals surface area contributed by atoms with Crippen molar-refractivity contribution in [3.63, 3.8) is 0 Å². The second-order valence-electron chi connectivity index (χ2n) is 4.88. The third-order valence-corrected chi connectivity index (χ3v) is 3.65. The first-order valence-corrected chi connectivity index (χ1v) is 6.63. The maximum Gasteiger partial charge on any atom is 0.128 e. The molecule has 0 aliphatic carbocycles. The molecule has 0 radical (unpaired) electrons. The summed E-state index contributed by atoms with van der Waals surface area (Å²) >= 11 is 0. The summed E-state index contributed by atoms with van der Waals surface area (Å²) in [5, 5.41) is 9.47. The molecular formula is C14H22N2O. The molecule has 2 atom stereocenters. The number of anilines is 1. The zero-order chi connectivity index (χ0) is 12.3. The fraction of sp³-hybridized carbons (Fsp3) is 0.643. The van der Waals surface area contributed by atoms with E-state index in [4.69, 9.17) is 0 Å². The molecule has 1 aliphatic rings. The van der Waals surface area contributed by atoms with Crippen molar-refractivity contribution in [1.82, 2.24) is 4.98 Å². The van der Waals surface area contributed by atoms with Gasteiger partial charge in [0.1, 0.15) is 5.82 Å². The van der Waals surface area contributed by atoms with E-state index < -0.39 is 6.10 Å².